The number of hydrogen-bond acceptors (Lipinski definition) is 23. The van der Waals surface area contributed by atoms with Crippen LogP contribution in [-0.2, 0) is 107 Å². The monoisotopic (exact) mass is 1310 g/mol. The normalized spacial score (nSPS) is 16.0. The molecule has 28 heteroatoms. The van der Waals surface area contributed by atoms with Crippen molar-refractivity contribution in [3.05, 3.63) is 82.6 Å². The maximum atomic E-state index is 13.0. The number of benzene rings is 2. The third kappa shape index (κ3) is 26.8. The molecule has 0 bridgehead atoms. The van der Waals surface area contributed by atoms with Gasteiger partial charge in [0, 0.05) is 68.5 Å². The third-order valence-electron chi connectivity index (χ3n) is 14.3. The van der Waals surface area contributed by atoms with E-state index in [1.807, 2.05) is 24.3 Å². The molecule has 1 aromatic carbocycles. The van der Waals surface area contributed by atoms with E-state index in [2.05, 4.69) is 25.3 Å². The molecule has 1 atom stereocenters. The van der Waals surface area contributed by atoms with Crippen molar-refractivity contribution in [1.29, 1.82) is 0 Å². The predicted molar refractivity (Wildman–Crippen MR) is 329 cm³/mol. The van der Waals surface area contributed by atoms with Gasteiger partial charge in [-0.1, -0.05) is 26.8 Å². The Bertz CT molecular complexity index is 2940. The highest BCUT2D eigenvalue weighted by Crippen LogP contribution is 2.51. The summed E-state index contributed by atoms with van der Waals surface area (Å²) in [6.07, 6.45) is 5.10. The molecule has 506 valence electrons. The minimum absolute atomic E-state index is 0.0407. The van der Waals surface area contributed by atoms with E-state index in [0.29, 0.717) is 192 Å². The highest BCUT2D eigenvalue weighted by Gasteiger charge is 2.44. The number of carbonyl (C=O) groups is 3. The van der Waals surface area contributed by atoms with Crippen molar-refractivity contribution in [3.8, 4) is 11.3 Å². The van der Waals surface area contributed by atoms with E-state index < -0.39 is 54.1 Å². The Morgan fingerprint density at radius 1 is 0.667 bits per heavy atom. The number of hydroxylamine groups is 2. The molecule has 3 heterocycles. The van der Waals surface area contributed by atoms with Gasteiger partial charge in [0.05, 0.1) is 149 Å². The number of anilines is 1. The molecule has 1 N–H and O–H groups in total. The van der Waals surface area contributed by atoms with Gasteiger partial charge in [0.25, 0.3) is 21.9 Å². The first-order valence-electron chi connectivity index (χ1n) is 30.4. The maximum absolute atomic E-state index is 13.0. The van der Waals surface area contributed by atoms with Crippen LogP contribution in [-0.4, -0.2) is 234 Å². The lowest BCUT2D eigenvalue weighted by Gasteiger charge is -2.30. The summed E-state index contributed by atoms with van der Waals surface area (Å²) >= 11 is 0. The molecule has 4 aliphatic rings. The molecule has 1 fully saturated rings. The Balaban J connectivity index is 1.34. The molecule has 1 aromatic rings. The summed E-state index contributed by atoms with van der Waals surface area (Å²) in [5.74, 6) is -1.62. The van der Waals surface area contributed by atoms with Gasteiger partial charge in [-0.15, -0.1) is 5.06 Å². The van der Waals surface area contributed by atoms with Crippen molar-refractivity contribution >= 4 is 49.8 Å². The van der Waals surface area contributed by atoms with E-state index in [1.165, 1.54) is 18.2 Å². The first kappa shape index (κ1) is 75.6. The lowest BCUT2D eigenvalue weighted by molar-refractivity contribution is -0.197. The molecule has 2 amide bonds. The van der Waals surface area contributed by atoms with E-state index in [1.54, 1.807) is 44.3 Å². The number of amides is 2. The van der Waals surface area contributed by atoms with Crippen LogP contribution in [0.4, 0.5) is 5.69 Å². The number of imide groups is 1. The van der Waals surface area contributed by atoms with Gasteiger partial charge >= 0.3 is 5.97 Å². The molecule has 0 spiro atoms. The highest BCUT2D eigenvalue weighted by molar-refractivity contribution is 7.86. The molecule has 26 nitrogen and oxygen atoms in total. The zero-order chi connectivity index (χ0) is 65.3. The molecule has 0 aromatic heterocycles. The van der Waals surface area contributed by atoms with Crippen molar-refractivity contribution in [2.45, 2.75) is 81.9 Å². The van der Waals surface area contributed by atoms with Crippen molar-refractivity contribution in [3.63, 3.8) is 0 Å². The number of nitrogens with zero attached hydrogens (tertiary/aromatic N) is 3. The van der Waals surface area contributed by atoms with Gasteiger partial charge < -0.3 is 75.5 Å². The topological polar surface area (TPSA) is 305 Å². The van der Waals surface area contributed by atoms with Crippen LogP contribution in [0.3, 0.4) is 0 Å². The fraction of sp³-hybridized carbons (Fsp3) is 0.645. The standard InChI is InChI=1S/C62H93N3O23S2/c1-61(2,3)53-47-50(10-7-11-57-62(4,19-8-12-60(68)88-65-58(66)17-18-59(65)67)54-48-51(90(72,73)74)14-16-55(54)64(57)20-9-45-89(69,70)71)87-56-46-49(13-15-52(53)56)63(21-23-77-29-31-81-37-39-85-43-41-83-35-33-79-27-25-75-5)22-24-78-30-32-82-38-40-86-44-42-84-36-34-80-28-26-76-6/h7,10-11,13-16,46-48H,8-9,12,17-45H2,1-6H3,(H-,69,70,71,72,73,74). The molecular weight excluding hydrogens is 1220 g/mol. The minimum atomic E-state index is -4.95. The average Bonchev–Trinajstić information content (AvgIpc) is 1.62. The molecule has 1 saturated heterocycles. The largest absolute Gasteiger partial charge is 0.744 e. The lowest BCUT2D eigenvalue weighted by Crippen LogP contribution is -2.36. The van der Waals surface area contributed by atoms with Crippen LogP contribution in [0.5, 0.6) is 0 Å². The molecular formula is C62H93N3O23S2. The van der Waals surface area contributed by atoms with Gasteiger partial charge in [-0.25, -0.2) is 17.8 Å². The smallest absolute Gasteiger partial charge is 0.333 e. The van der Waals surface area contributed by atoms with Crippen molar-refractivity contribution in [1.82, 2.24) is 9.64 Å². The van der Waals surface area contributed by atoms with Gasteiger partial charge in [0.2, 0.25) is 5.36 Å². The van der Waals surface area contributed by atoms with Crippen LogP contribution in [0.25, 0.3) is 17.4 Å². The van der Waals surface area contributed by atoms with Crippen molar-refractivity contribution in [2.75, 3.05) is 190 Å². The van der Waals surface area contributed by atoms with Gasteiger partial charge in [-0.2, -0.15) is 8.42 Å². The number of fused-ring (bicyclic) bond motifs is 2. The number of ether oxygens (including phenoxy) is 12. The Morgan fingerprint density at radius 2 is 1.14 bits per heavy atom. The Kier molecular flexibility index (Phi) is 33.7. The van der Waals surface area contributed by atoms with Crippen molar-refractivity contribution < 1.29 is 106 Å². The van der Waals surface area contributed by atoms with E-state index in [4.69, 9.17) is 66.1 Å². The van der Waals surface area contributed by atoms with Gasteiger partial charge in [-0.05, 0) is 85.2 Å². The third-order valence-corrected chi connectivity index (χ3v) is 16.0. The van der Waals surface area contributed by atoms with Crippen LogP contribution >= 0.6 is 0 Å². The fourth-order valence-electron chi connectivity index (χ4n) is 9.78. The quantitative estimate of drug-likeness (QED) is 0.0351. The lowest BCUT2D eigenvalue weighted by atomic mass is 9.77. The summed E-state index contributed by atoms with van der Waals surface area (Å²) in [6, 6.07) is 11.9. The Hall–Kier alpha value is -5.12. The van der Waals surface area contributed by atoms with Crippen LogP contribution in [0.1, 0.15) is 83.1 Å². The van der Waals surface area contributed by atoms with Gasteiger partial charge in [0.15, 0.2) is 13.1 Å². The minimum Gasteiger partial charge on any atom is -0.744 e. The molecule has 0 saturated carbocycles. The summed E-state index contributed by atoms with van der Waals surface area (Å²) in [7, 11) is -6.08. The van der Waals surface area contributed by atoms with Crippen LogP contribution in [0.2, 0.25) is 0 Å². The predicted octanol–water partition coefficient (Wildman–Crippen LogP) is 4.55. The van der Waals surface area contributed by atoms with E-state index in [-0.39, 0.29) is 50.5 Å². The van der Waals surface area contributed by atoms with Gasteiger partial charge in [0.1, 0.15) is 34.9 Å². The molecule has 5 rings (SSSR count). The number of hydrogen-bond donors (Lipinski definition) is 1. The first-order chi connectivity index (χ1) is 43.2. The molecule has 1 unspecified atom stereocenters. The zero-order valence-corrected chi connectivity index (χ0v) is 54.6. The highest BCUT2D eigenvalue weighted by atomic mass is 32.2. The second-order valence-corrected chi connectivity index (χ2v) is 25.1. The van der Waals surface area contributed by atoms with E-state index >= 15 is 0 Å². The maximum Gasteiger partial charge on any atom is 0.333 e. The number of methoxy groups -OCH3 is 2. The Labute approximate surface area is 529 Å². The zero-order valence-electron chi connectivity index (χ0n) is 53.0. The summed E-state index contributed by atoms with van der Waals surface area (Å²) in [5.41, 5.74) is 1.81. The molecule has 3 aliphatic heterocycles. The summed E-state index contributed by atoms with van der Waals surface area (Å²) in [6.45, 7) is 18.8. The first-order valence-corrected chi connectivity index (χ1v) is 33.4. The number of carbonyl (C=O) groups excluding carboxylic acids is 3. The van der Waals surface area contributed by atoms with Crippen LogP contribution < -0.4 is 14.8 Å². The number of rotatable bonds is 48. The fourth-order valence-corrected chi connectivity index (χ4v) is 10.8. The van der Waals surface area contributed by atoms with Gasteiger partial charge in [-0.3, -0.25) is 14.1 Å². The molecule has 0 radical (unpaired) electrons. The summed E-state index contributed by atoms with van der Waals surface area (Å²) in [4.78, 5) is 43.8. The van der Waals surface area contributed by atoms with Crippen molar-refractivity contribution in [2.24, 2.45) is 0 Å². The average molecular weight is 1310 g/mol. The van der Waals surface area contributed by atoms with Crippen LogP contribution in [0.15, 0.2) is 69.6 Å². The number of allylic oxidation sites excluding steroid dienone is 3. The van der Waals surface area contributed by atoms with E-state index in [9.17, 15) is 40.3 Å². The summed E-state index contributed by atoms with van der Waals surface area (Å²) in [5, 5.41) is 1.31. The van der Waals surface area contributed by atoms with E-state index in [0.717, 1.165) is 16.5 Å². The molecule has 90 heavy (non-hydrogen) atoms. The second-order valence-electron chi connectivity index (χ2n) is 22.2. The van der Waals surface area contributed by atoms with Crippen LogP contribution in [0, 0.1) is 0 Å². The second kappa shape index (κ2) is 40.1. The SMILES string of the molecule is COCCOCCOCCOCCOCCOCC[N+](CCOCCOCCOCCOCCOCCOC)=c1ccc2c(C(C)(C)C)cc(/C=C/C=C3/N(CCCS(=O)(=O)O)c4ccc(S(=O)(=O)[O-])cc4C3(C)CCCC(=O)ON3C(=O)CCC3=O)oc-2c1. The summed E-state index contributed by atoms with van der Waals surface area (Å²) < 4.78 is 146. The Morgan fingerprint density at radius 3 is 1.60 bits per heavy atom. The molecule has 1 aliphatic carbocycles.